The number of ether oxygens (including phenoxy) is 1. The van der Waals surface area contributed by atoms with Gasteiger partial charge in [0.15, 0.2) is 0 Å². The number of aromatic hydroxyl groups is 1. The molecule has 0 saturated heterocycles. The van der Waals surface area contributed by atoms with Crippen LogP contribution in [0.15, 0.2) is 29.4 Å². The Bertz CT molecular complexity index is 1040. The first-order valence-electron chi connectivity index (χ1n) is 14.5. The summed E-state index contributed by atoms with van der Waals surface area (Å²) in [6.45, 7) is 15.4. The van der Waals surface area contributed by atoms with Gasteiger partial charge in [0.25, 0.3) is 0 Å². The molecule has 8 heteroatoms. The number of allylic oxidation sites excluding steroid dienone is 4. The number of benzene rings is 1. The van der Waals surface area contributed by atoms with Gasteiger partial charge in [-0.25, -0.2) is 4.79 Å². The molecule has 0 saturated carbocycles. The molecule has 3 unspecified atom stereocenters. The van der Waals surface area contributed by atoms with E-state index in [2.05, 4.69) is 18.3 Å². The highest BCUT2D eigenvalue weighted by Crippen LogP contribution is 2.37. The number of hydrogen-bond donors (Lipinski definition) is 5. The molecule has 6 N–H and O–H groups in total. The van der Waals surface area contributed by atoms with Gasteiger partial charge in [0.05, 0.1) is 12.1 Å². The lowest BCUT2D eigenvalue weighted by molar-refractivity contribution is -0.128. The van der Waals surface area contributed by atoms with E-state index in [-0.39, 0.29) is 40.9 Å². The minimum atomic E-state index is -1.58. The van der Waals surface area contributed by atoms with Crippen LogP contribution in [0.1, 0.15) is 109 Å². The molecular formula is C32H52N2O6. The van der Waals surface area contributed by atoms with Gasteiger partial charge in [-0.3, -0.25) is 4.79 Å². The van der Waals surface area contributed by atoms with Crippen LogP contribution in [0.25, 0.3) is 0 Å². The fourth-order valence-electron chi connectivity index (χ4n) is 4.35. The SMILES string of the molecule is CCCCCc1cc(O)c(C/C=C(\C)CCC=C(C)C)c(OC(O)C(NC(=O)C(N)C(C)C)C(C)C)c1C(=O)O. The molecule has 3 atom stereocenters. The molecule has 1 rings (SSSR count). The number of carbonyl (C=O) groups is 2. The Morgan fingerprint density at radius 3 is 2.25 bits per heavy atom. The van der Waals surface area contributed by atoms with Crippen molar-refractivity contribution < 1.29 is 29.6 Å². The van der Waals surface area contributed by atoms with E-state index in [1.54, 1.807) is 0 Å². The molecule has 0 fully saturated rings. The van der Waals surface area contributed by atoms with Crippen molar-refractivity contribution in [2.75, 3.05) is 0 Å². The summed E-state index contributed by atoms with van der Waals surface area (Å²) in [6.07, 6.45) is 7.50. The number of nitrogens with two attached hydrogens (primary N) is 1. The van der Waals surface area contributed by atoms with Crippen LogP contribution in [-0.2, 0) is 17.6 Å². The second-order valence-electron chi connectivity index (χ2n) is 11.6. The minimum Gasteiger partial charge on any atom is -0.508 e. The van der Waals surface area contributed by atoms with Crippen molar-refractivity contribution in [3.63, 3.8) is 0 Å². The van der Waals surface area contributed by atoms with Crippen LogP contribution >= 0.6 is 0 Å². The van der Waals surface area contributed by atoms with Crippen molar-refractivity contribution in [3.8, 4) is 11.5 Å². The zero-order valence-electron chi connectivity index (χ0n) is 25.7. The zero-order valence-corrected chi connectivity index (χ0v) is 25.7. The minimum absolute atomic E-state index is 0.0760. The average Bonchev–Trinajstić information content (AvgIpc) is 2.85. The number of amides is 1. The quantitative estimate of drug-likeness (QED) is 0.0910. The Morgan fingerprint density at radius 1 is 1.07 bits per heavy atom. The molecule has 0 aliphatic heterocycles. The van der Waals surface area contributed by atoms with Crippen molar-refractivity contribution in [1.82, 2.24) is 5.32 Å². The second-order valence-corrected chi connectivity index (χ2v) is 11.6. The number of carboxylic acid groups (broad SMARTS) is 1. The van der Waals surface area contributed by atoms with Crippen LogP contribution in [0.5, 0.6) is 11.5 Å². The van der Waals surface area contributed by atoms with E-state index in [1.165, 1.54) is 11.6 Å². The Labute approximate surface area is 240 Å². The lowest BCUT2D eigenvalue weighted by Crippen LogP contribution is -2.54. The van der Waals surface area contributed by atoms with E-state index < -0.39 is 30.3 Å². The van der Waals surface area contributed by atoms with Crippen molar-refractivity contribution in [2.45, 2.75) is 119 Å². The molecule has 0 aromatic heterocycles. The number of rotatable bonds is 17. The van der Waals surface area contributed by atoms with Crippen molar-refractivity contribution >= 4 is 11.9 Å². The number of phenols is 1. The number of aromatic carboxylic acids is 1. The molecule has 0 radical (unpaired) electrons. The van der Waals surface area contributed by atoms with E-state index in [0.29, 0.717) is 12.0 Å². The molecule has 0 bridgehead atoms. The van der Waals surface area contributed by atoms with Crippen LogP contribution in [-0.4, -0.2) is 45.6 Å². The normalized spacial score (nSPS) is 14.2. The predicted molar refractivity (Wildman–Crippen MR) is 161 cm³/mol. The highest BCUT2D eigenvalue weighted by Gasteiger charge is 2.32. The van der Waals surface area contributed by atoms with E-state index in [1.807, 2.05) is 54.5 Å². The highest BCUT2D eigenvalue weighted by atomic mass is 16.6. The van der Waals surface area contributed by atoms with Gasteiger partial charge in [0, 0.05) is 5.56 Å². The standard InChI is InChI=1S/C32H52N2O6/c1-9-10-11-15-23-18-25(35)24(17-16-22(8)14-12-13-19(2)3)29(26(23)31(37)38)40-32(39)28(21(6)7)34-30(36)27(33)20(4)5/h13,16,18,20-21,27-28,32,35,39H,9-12,14-15,17,33H2,1-8H3,(H,34,36)(H,37,38)/b22-16+. The maximum Gasteiger partial charge on any atom is 0.339 e. The number of phenolic OH excluding ortho intramolecular Hbond substituents is 1. The summed E-state index contributed by atoms with van der Waals surface area (Å²) < 4.78 is 6.00. The van der Waals surface area contributed by atoms with E-state index >= 15 is 0 Å². The molecule has 1 aromatic rings. The summed E-state index contributed by atoms with van der Waals surface area (Å²) in [5.74, 6) is -2.16. The largest absolute Gasteiger partial charge is 0.508 e. The van der Waals surface area contributed by atoms with Gasteiger partial charge < -0.3 is 31.1 Å². The maximum absolute atomic E-state index is 12.7. The van der Waals surface area contributed by atoms with Crippen LogP contribution in [0.4, 0.5) is 0 Å². The summed E-state index contributed by atoms with van der Waals surface area (Å²) in [7, 11) is 0. The third kappa shape index (κ3) is 11.0. The van der Waals surface area contributed by atoms with Gasteiger partial charge in [-0.2, -0.15) is 0 Å². The number of hydrogen-bond acceptors (Lipinski definition) is 6. The van der Waals surface area contributed by atoms with E-state index in [0.717, 1.165) is 37.7 Å². The predicted octanol–water partition coefficient (Wildman–Crippen LogP) is 5.88. The molecule has 1 amide bonds. The number of aryl methyl sites for hydroxylation is 1. The Morgan fingerprint density at radius 2 is 1.73 bits per heavy atom. The molecule has 40 heavy (non-hydrogen) atoms. The van der Waals surface area contributed by atoms with Crippen molar-refractivity contribution in [1.29, 1.82) is 0 Å². The lowest BCUT2D eigenvalue weighted by atomic mass is 9.94. The molecule has 1 aromatic carbocycles. The van der Waals surface area contributed by atoms with Gasteiger partial charge in [-0.15, -0.1) is 0 Å². The molecular weight excluding hydrogens is 508 g/mol. The topological polar surface area (TPSA) is 142 Å². The molecule has 0 spiro atoms. The van der Waals surface area contributed by atoms with Gasteiger partial charge in [0.2, 0.25) is 12.2 Å². The summed E-state index contributed by atoms with van der Waals surface area (Å²) in [5, 5.41) is 35.3. The first-order valence-corrected chi connectivity index (χ1v) is 14.5. The molecule has 0 heterocycles. The fourth-order valence-corrected chi connectivity index (χ4v) is 4.35. The van der Waals surface area contributed by atoms with E-state index in [9.17, 15) is 24.9 Å². The Kier molecular flexibility index (Phi) is 15.0. The molecule has 0 aliphatic carbocycles. The zero-order chi connectivity index (χ0) is 30.6. The monoisotopic (exact) mass is 560 g/mol. The smallest absolute Gasteiger partial charge is 0.339 e. The van der Waals surface area contributed by atoms with Crippen LogP contribution in [0, 0.1) is 11.8 Å². The Hall–Kier alpha value is -2.84. The third-order valence-electron chi connectivity index (χ3n) is 7.05. The first kappa shape index (κ1) is 35.2. The van der Waals surface area contributed by atoms with Crippen LogP contribution < -0.4 is 15.8 Å². The van der Waals surface area contributed by atoms with Gasteiger partial charge in [0.1, 0.15) is 17.1 Å². The Balaban J connectivity index is 3.55. The van der Waals surface area contributed by atoms with Crippen LogP contribution in [0.3, 0.4) is 0 Å². The second kappa shape index (κ2) is 17.1. The number of nitrogens with one attached hydrogen (secondary N) is 1. The van der Waals surface area contributed by atoms with Gasteiger partial charge in [-0.05, 0) is 76.3 Å². The first-order chi connectivity index (χ1) is 18.7. The number of aliphatic hydroxyl groups excluding tert-OH is 1. The summed E-state index contributed by atoms with van der Waals surface area (Å²) in [4.78, 5) is 25.3. The fraction of sp³-hybridized carbons (Fsp3) is 0.625. The summed E-state index contributed by atoms with van der Waals surface area (Å²) >= 11 is 0. The number of carboxylic acids is 1. The highest BCUT2D eigenvalue weighted by molar-refractivity contribution is 5.94. The number of unbranched alkanes of at least 4 members (excludes halogenated alkanes) is 2. The van der Waals surface area contributed by atoms with Crippen molar-refractivity contribution in [2.24, 2.45) is 17.6 Å². The lowest BCUT2D eigenvalue weighted by Gasteiger charge is -2.30. The summed E-state index contributed by atoms with van der Waals surface area (Å²) in [6, 6.07) is -0.133. The van der Waals surface area contributed by atoms with E-state index in [4.69, 9.17) is 10.5 Å². The molecule has 226 valence electrons. The number of aliphatic hydroxyl groups is 1. The molecule has 8 nitrogen and oxygen atoms in total. The maximum atomic E-state index is 12.7. The third-order valence-corrected chi connectivity index (χ3v) is 7.05. The average molecular weight is 561 g/mol. The van der Waals surface area contributed by atoms with Gasteiger partial charge in [-0.1, -0.05) is 70.8 Å². The van der Waals surface area contributed by atoms with Crippen LogP contribution in [0.2, 0.25) is 0 Å². The van der Waals surface area contributed by atoms with Gasteiger partial charge >= 0.3 is 5.97 Å². The summed E-state index contributed by atoms with van der Waals surface area (Å²) in [5.41, 5.74) is 8.98. The number of carbonyl (C=O) groups excluding carboxylic acids is 1. The molecule has 0 aliphatic rings. The van der Waals surface area contributed by atoms with Crippen molar-refractivity contribution in [3.05, 3.63) is 46.1 Å².